The summed E-state index contributed by atoms with van der Waals surface area (Å²) in [4.78, 5) is 18.2. The zero-order valence-corrected chi connectivity index (χ0v) is 13.2. The van der Waals surface area contributed by atoms with Gasteiger partial charge in [0.25, 0.3) is 5.91 Å². The molecule has 1 saturated heterocycles. The molecule has 0 unspecified atom stereocenters. The van der Waals surface area contributed by atoms with Crippen LogP contribution in [0.25, 0.3) is 0 Å². The summed E-state index contributed by atoms with van der Waals surface area (Å²) in [6, 6.07) is 6.11. The Bertz CT molecular complexity index is 654. The van der Waals surface area contributed by atoms with Crippen molar-refractivity contribution in [3.63, 3.8) is 0 Å². The van der Waals surface area contributed by atoms with E-state index in [1.807, 2.05) is 44.4 Å². The van der Waals surface area contributed by atoms with E-state index >= 15 is 0 Å². The Morgan fingerprint density at radius 1 is 1.29 bits per heavy atom. The number of rotatable bonds is 3. The maximum atomic E-state index is 12.2. The minimum Gasteiger partial charge on any atom is -0.486 e. The molecule has 2 aromatic rings. The van der Waals surface area contributed by atoms with Crippen molar-refractivity contribution in [3.8, 4) is 5.75 Å². The van der Waals surface area contributed by atoms with Crippen LogP contribution in [0.4, 0.5) is 0 Å². The summed E-state index contributed by atoms with van der Waals surface area (Å²) in [6.07, 6.45) is 0.0773. The van der Waals surface area contributed by atoms with Gasteiger partial charge in [0, 0.05) is 5.38 Å². The molecule has 0 radical (unpaired) electrons. The average molecular weight is 302 g/mol. The van der Waals surface area contributed by atoms with Gasteiger partial charge in [-0.25, -0.2) is 4.98 Å². The van der Waals surface area contributed by atoms with Crippen LogP contribution in [-0.2, 0) is 0 Å². The van der Waals surface area contributed by atoms with E-state index in [2.05, 4.69) is 4.98 Å². The second kappa shape index (κ2) is 5.48. The van der Waals surface area contributed by atoms with Crippen LogP contribution in [0.15, 0.2) is 23.6 Å². The van der Waals surface area contributed by atoms with Crippen molar-refractivity contribution in [1.82, 2.24) is 9.88 Å². The largest absolute Gasteiger partial charge is 0.486 e. The van der Waals surface area contributed by atoms with Gasteiger partial charge in [-0.3, -0.25) is 4.79 Å². The highest BCUT2D eigenvalue weighted by molar-refractivity contribution is 7.09. The molecule has 1 fully saturated rings. The summed E-state index contributed by atoms with van der Waals surface area (Å²) in [5.74, 6) is 0.944. The first-order chi connectivity index (χ1) is 10.0. The van der Waals surface area contributed by atoms with E-state index in [-0.39, 0.29) is 12.0 Å². The van der Waals surface area contributed by atoms with Gasteiger partial charge < -0.3 is 9.64 Å². The molecule has 0 bridgehead atoms. The molecule has 0 spiro atoms. The Morgan fingerprint density at radius 2 is 1.95 bits per heavy atom. The van der Waals surface area contributed by atoms with Gasteiger partial charge in [-0.05, 0) is 31.9 Å². The number of nitrogens with zero attached hydrogens (tertiary/aromatic N) is 2. The van der Waals surface area contributed by atoms with Gasteiger partial charge in [0.2, 0.25) is 0 Å². The van der Waals surface area contributed by atoms with E-state index in [0.717, 1.165) is 21.9 Å². The lowest BCUT2D eigenvalue weighted by molar-refractivity contribution is 0.0169. The minimum absolute atomic E-state index is 0.000653. The van der Waals surface area contributed by atoms with Crippen molar-refractivity contribution in [2.24, 2.45) is 0 Å². The first-order valence-electron chi connectivity index (χ1n) is 6.99. The number of thiazole rings is 1. The summed E-state index contributed by atoms with van der Waals surface area (Å²) in [5.41, 5.74) is 2.81. The molecular weight excluding hydrogens is 284 g/mol. The van der Waals surface area contributed by atoms with Crippen molar-refractivity contribution >= 4 is 17.2 Å². The third-order valence-corrected chi connectivity index (χ3v) is 4.44. The van der Waals surface area contributed by atoms with Crippen LogP contribution in [0.5, 0.6) is 5.75 Å². The summed E-state index contributed by atoms with van der Waals surface area (Å²) in [5, 5.41) is 2.74. The molecule has 0 aliphatic carbocycles. The molecule has 0 saturated carbocycles. The standard InChI is InChI=1S/C16H18N2O2S/c1-10-5-4-6-11(2)15(10)20-13-7-18(8-13)16(19)14-9-21-12(3)17-14/h4-6,9,13H,7-8H2,1-3H3. The fourth-order valence-electron chi connectivity index (χ4n) is 2.45. The number of hydrogen-bond acceptors (Lipinski definition) is 4. The van der Waals surface area contributed by atoms with Crippen LogP contribution in [0, 0.1) is 20.8 Å². The summed E-state index contributed by atoms with van der Waals surface area (Å²) in [7, 11) is 0. The number of carbonyl (C=O) groups is 1. The molecule has 110 valence electrons. The van der Waals surface area contributed by atoms with E-state index < -0.39 is 0 Å². The summed E-state index contributed by atoms with van der Waals surface area (Å²) >= 11 is 1.50. The van der Waals surface area contributed by atoms with Crippen molar-refractivity contribution < 1.29 is 9.53 Å². The molecule has 1 aromatic heterocycles. The Kier molecular flexibility index (Phi) is 3.68. The normalized spacial score (nSPS) is 14.9. The number of ether oxygens (including phenoxy) is 1. The van der Waals surface area contributed by atoms with E-state index in [1.54, 1.807) is 4.90 Å². The number of likely N-dealkylation sites (tertiary alicyclic amines) is 1. The highest BCUT2D eigenvalue weighted by Crippen LogP contribution is 2.26. The number of aromatic nitrogens is 1. The molecule has 1 amide bonds. The van der Waals surface area contributed by atoms with Crippen LogP contribution in [0.3, 0.4) is 0 Å². The average Bonchev–Trinajstić information content (AvgIpc) is 2.82. The number of carbonyl (C=O) groups excluding carboxylic acids is 1. The van der Waals surface area contributed by atoms with Crippen molar-refractivity contribution in [1.29, 1.82) is 0 Å². The Labute approximate surface area is 128 Å². The van der Waals surface area contributed by atoms with Crippen molar-refractivity contribution in [2.75, 3.05) is 13.1 Å². The second-order valence-electron chi connectivity index (χ2n) is 5.42. The van der Waals surface area contributed by atoms with Gasteiger partial charge in [-0.2, -0.15) is 0 Å². The van der Waals surface area contributed by atoms with E-state index in [9.17, 15) is 4.79 Å². The van der Waals surface area contributed by atoms with E-state index in [4.69, 9.17) is 4.74 Å². The fraction of sp³-hybridized carbons (Fsp3) is 0.375. The number of para-hydroxylation sites is 1. The lowest BCUT2D eigenvalue weighted by atomic mass is 10.1. The van der Waals surface area contributed by atoms with E-state index in [1.165, 1.54) is 11.3 Å². The number of aryl methyl sites for hydroxylation is 3. The molecule has 4 nitrogen and oxygen atoms in total. The van der Waals surface area contributed by atoms with Crippen LogP contribution < -0.4 is 4.74 Å². The zero-order chi connectivity index (χ0) is 15.0. The van der Waals surface area contributed by atoms with Gasteiger partial charge in [-0.15, -0.1) is 11.3 Å². The molecule has 1 aliphatic rings. The number of hydrogen-bond donors (Lipinski definition) is 0. The zero-order valence-electron chi connectivity index (χ0n) is 12.4. The first-order valence-corrected chi connectivity index (χ1v) is 7.87. The quantitative estimate of drug-likeness (QED) is 0.875. The van der Waals surface area contributed by atoms with Gasteiger partial charge in [-0.1, -0.05) is 18.2 Å². The molecule has 3 rings (SSSR count). The lowest BCUT2D eigenvalue weighted by Crippen LogP contribution is -2.56. The summed E-state index contributed by atoms with van der Waals surface area (Å²) in [6.45, 7) is 7.25. The number of amides is 1. The predicted molar refractivity (Wildman–Crippen MR) is 83.1 cm³/mol. The highest BCUT2D eigenvalue weighted by atomic mass is 32.1. The van der Waals surface area contributed by atoms with Gasteiger partial charge in [0.1, 0.15) is 17.5 Å². The third kappa shape index (κ3) is 2.78. The minimum atomic E-state index is 0.000653. The fourth-order valence-corrected chi connectivity index (χ4v) is 3.04. The van der Waals surface area contributed by atoms with Gasteiger partial charge >= 0.3 is 0 Å². The van der Waals surface area contributed by atoms with Crippen LogP contribution in [-0.4, -0.2) is 35.0 Å². The monoisotopic (exact) mass is 302 g/mol. The van der Waals surface area contributed by atoms with Crippen LogP contribution in [0.1, 0.15) is 26.6 Å². The molecule has 2 heterocycles. The predicted octanol–water partition coefficient (Wildman–Crippen LogP) is 2.97. The highest BCUT2D eigenvalue weighted by Gasteiger charge is 2.34. The maximum Gasteiger partial charge on any atom is 0.273 e. The molecule has 21 heavy (non-hydrogen) atoms. The number of benzene rings is 1. The Hall–Kier alpha value is -1.88. The topological polar surface area (TPSA) is 42.4 Å². The smallest absolute Gasteiger partial charge is 0.273 e. The molecule has 1 aromatic carbocycles. The SMILES string of the molecule is Cc1nc(C(=O)N2CC(Oc3c(C)cccc3C)C2)cs1. The summed E-state index contributed by atoms with van der Waals surface area (Å²) < 4.78 is 6.02. The van der Waals surface area contributed by atoms with Crippen LogP contribution >= 0.6 is 11.3 Å². The third-order valence-electron chi connectivity index (χ3n) is 3.67. The van der Waals surface area contributed by atoms with Crippen molar-refractivity contribution in [2.45, 2.75) is 26.9 Å². The molecular formula is C16H18N2O2S. The first kappa shape index (κ1) is 14.1. The molecule has 0 atom stereocenters. The second-order valence-corrected chi connectivity index (χ2v) is 6.48. The lowest BCUT2D eigenvalue weighted by Gasteiger charge is -2.39. The molecule has 0 N–H and O–H groups in total. The van der Waals surface area contributed by atoms with Crippen molar-refractivity contribution in [3.05, 3.63) is 45.4 Å². The Balaban J connectivity index is 1.60. The van der Waals surface area contributed by atoms with Gasteiger partial charge in [0.05, 0.1) is 18.1 Å². The van der Waals surface area contributed by atoms with E-state index in [0.29, 0.717) is 18.8 Å². The van der Waals surface area contributed by atoms with Crippen LogP contribution in [0.2, 0.25) is 0 Å². The Morgan fingerprint density at radius 3 is 2.52 bits per heavy atom. The maximum absolute atomic E-state index is 12.2. The molecule has 1 aliphatic heterocycles. The molecule has 5 heteroatoms. The van der Waals surface area contributed by atoms with Gasteiger partial charge in [0.15, 0.2) is 0 Å².